The van der Waals surface area contributed by atoms with Crippen LogP contribution in [0.2, 0.25) is 0 Å². The Labute approximate surface area is 178 Å². The first-order valence-corrected chi connectivity index (χ1v) is 11.5. The van der Waals surface area contributed by atoms with Gasteiger partial charge in [0.2, 0.25) is 10.0 Å². The summed E-state index contributed by atoms with van der Waals surface area (Å²) in [5.41, 5.74) is 2.92. The lowest BCUT2D eigenvalue weighted by atomic mass is 10.1. The van der Waals surface area contributed by atoms with E-state index in [1.165, 1.54) is 21.7 Å². The van der Waals surface area contributed by atoms with Crippen LogP contribution < -0.4 is 5.32 Å². The van der Waals surface area contributed by atoms with Crippen LogP contribution in [-0.4, -0.2) is 81.0 Å². The van der Waals surface area contributed by atoms with Gasteiger partial charge in [-0.2, -0.15) is 4.31 Å². The van der Waals surface area contributed by atoms with Crippen molar-refractivity contribution in [3.8, 4) is 0 Å². The molecular weight excluding hydrogens is 404 g/mol. The first-order valence-electron chi connectivity index (χ1n) is 9.93. The van der Waals surface area contributed by atoms with Gasteiger partial charge in [-0.15, -0.1) is 0 Å². The van der Waals surface area contributed by atoms with Gasteiger partial charge in [-0.1, -0.05) is 29.4 Å². The predicted molar refractivity (Wildman–Crippen MR) is 116 cm³/mol. The maximum absolute atomic E-state index is 12.6. The molecule has 1 N–H and O–H groups in total. The zero-order chi connectivity index (χ0) is 21.6. The molecule has 0 atom stereocenters. The van der Waals surface area contributed by atoms with Crippen molar-refractivity contribution in [1.29, 1.82) is 0 Å². The summed E-state index contributed by atoms with van der Waals surface area (Å²) in [6.45, 7) is 3.53. The Kier molecular flexibility index (Phi) is 7.46. The number of guanidine groups is 1. The van der Waals surface area contributed by atoms with Gasteiger partial charge in [-0.25, -0.2) is 8.42 Å². The molecule has 0 radical (unpaired) electrons. The van der Waals surface area contributed by atoms with E-state index in [9.17, 15) is 8.42 Å². The maximum atomic E-state index is 12.6. The summed E-state index contributed by atoms with van der Waals surface area (Å²) in [7, 11) is 2.45. The molecule has 0 aliphatic carbocycles. The van der Waals surface area contributed by atoms with Gasteiger partial charge >= 0.3 is 0 Å². The second-order valence-corrected chi connectivity index (χ2v) is 9.51. The van der Waals surface area contributed by atoms with Crippen LogP contribution in [-0.2, 0) is 28.9 Å². The molecule has 30 heavy (non-hydrogen) atoms. The number of nitrogens with zero attached hydrogens (tertiary/aromatic N) is 5. The molecule has 1 fully saturated rings. The van der Waals surface area contributed by atoms with Gasteiger partial charge in [0.25, 0.3) is 0 Å². The van der Waals surface area contributed by atoms with E-state index in [1.54, 1.807) is 13.1 Å². The highest BCUT2D eigenvalue weighted by atomic mass is 32.2. The Morgan fingerprint density at radius 2 is 1.87 bits per heavy atom. The van der Waals surface area contributed by atoms with Crippen molar-refractivity contribution in [3.63, 3.8) is 0 Å². The quantitative estimate of drug-likeness (QED) is 0.512. The van der Waals surface area contributed by atoms with Gasteiger partial charge in [0.05, 0.1) is 5.69 Å². The van der Waals surface area contributed by atoms with Crippen LogP contribution in [0.25, 0.3) is 0 Å². The van der Waals surface area contributed by atoms with E-state index in [1.807, 2.05) is 6.07 Å². The Bertz CT molecular complexity index is 935. The minimum Gasteiger partial charge on any atom is -0.364 e. The van der Waals surface area contributed by atoms with E-state index in [0.29, 0.717) is 38.4 Å². The molecule has 0 unspecified atom stereocenters. The van der Waals surface area contributed by atoms with E-state index in [0.717, 1.165) is 12.5 Å². The monoisotopic (exact) mass is 434 g/mol. The van der Waals surface area contributed by atoms with Crippen LogP contribution in [0.3, 0.4) is 0 Å². The molecule has 0 bridgehead atoms. The van der Waals surface area contributed by atoms with Crippen molar-refractivity contribution < 1.29 is 12.9 Å². The van der Waals surface area contributed by atoms with Gasteiger partial charge < -0.3 is 19.6 Å². The van der Waals surface area contributed by atoms with Gasteiger partial charge in [0, 0.05) is 52.4 Å². The second kappa shape index (κ2) is 10.1. The molecule has 2 heterocycles. The van der Waals surface area contributed by atoms with E-state index in [4.69, 9.17) is 4.52 Å². The normalized spacial score (nSPS) is 16.3. The van der Waals surface area contributed by atoms with Crippen molar-refractivity contribution in [2.45, 2.75) is 18.8 Å². The third-order valence-corrected chi connectivity index (χ3v) is 6.82. The standard InChI is InChI=1S/C20H30N6O3S/c1-21-20(22-14-17-6-4-5-7-18(17)15-24(2)3)25-9-11-26(12-10-25)30(27,28)16-19-8-13-29-23-19/h4-8,13H,9-12,14-16H2,1-3H3,(H,21,22). The molecule has 164 valence electrons. The van der Waals surface area contributed by atoms with Gasteiger partial charge in [0.1, 0.15) is 12.0 Å². The molecular formula is C20H30N6O3S. The summed E-state index contributed by atoms with van der Waals surface area (Å²) in [6, 6.07) is 9.92. The number of rotatable bonds is 7. The maximum Gasteiger partial charge on any atom is 0.220 e. The molecule has 1 aliphatic heterocycles. The largest absolute Gasteiger partial charge is 0.364 e. The molecule has 10 heteroatoms. The van der Waals surface area contributed by atoms with E-state index in [2.05, 4.69) is 57.6 Å². The molecule has 0 spiro atoms. The van der Waals surface area contributed by atoms with Crippen molar-refractivity contribution >= 4 is 16.0 Å². The number of aliphatic imine (C=N–C) groups is 1. The smallest absolute Gasteiger partial charge is 0.220 e. The average molecular weight is 435 g/mol. The minimum absolute atomic E-state index is 0.140. The number of sulfonamides is 1. The summed E-state index contributed by atoms with van der Waals surface area (Å²) >= 11 is 0. The van der Waals surface area contributed by atoms with E-state index >= 15 is 0 Å². The number of hydrogen-bond donors (Lipinski definition) is 1. The van der Waals surface area contributed by atoms with Gasteiger partial charge in [-0.05, 0) is 25.2 Å². The van der Waals surface area contributed by atoms with E-state index in [-0.39, 0.29) is 5.75 Å². The van der Waals surface area contributed by atoms with Crippen LogP contribution in [0.15, 0.2) is 46.1 Å². The highest BCUT2D eigenvalue weighted by Gasteiger charge is 2.29. The molecule has 2 aromatic rings. The molecule has 1 aromatic carbocycles. The number of nitrogens with one attached hydrogen (secondary N) is 1. The highest BCUT2D eigenvalue weighted by Crippen LogP contribution is 2.14. The van der Waals surface area contributed by atoms with Crippen LogP contribution in [0.1, 0.15) is 16.8 Å². The van der Waals surface area contributed by atoms with Gasteiger partial charge in [-0.3, -0.25) is 4.99 Å². The molecule has 3 rings (SSSR count). The molecule has 9 nitrogen and oxygen atoms in total. The number of aromatic nitrogens is 1. The zero-order valence-electron chi connectivity index (χ0n) is 17.8. The lowest BCUT2D eigenvalue weighted by Crippen LogP contribution is -2.53. The first-order chi connectivity index (χ1) is 14.4. The summed E-state index contributed by atoms with van der Waals surface area (Å²) in [5, 5.41) is 7.13. The molecule has 1 saturated heterocycles. The summed E-state index contributed by atoms with van der Waals surface area (Å²) < 4.78 is 31.5. The zero-order valence-corrected chi connectivity index (χ0v) is 18.6. The van der Waals surface area contributed by atoms with Crippen LogP contribution in [0.5, 0.6) is 0 Å². The van der Waals surface area contributed by atoms with Crippen LogP contribution in [0.4, 0.5) is 0 Å². The number of piperazine rings is 1. The Morgan fingerprint density at radius 1 is 1.17 bits per heavy atom. The van der Waals surface area contributed by atoms with Crippen LogP contribution >= 0.6 is 0 Å². The lowest BCUT2D eigenvalue weighted by Gasteiger charge is -2.35. The molecule has 1 aliphatic rings. The predicted octanol–water partition coefficient (Wildman–Crippen LogP) is 0.959. The third kappa shape index (κ3) is 5.80. The fourth-order valence-electron chi connectivity index (χ4n) is 3.50. The number of benzene rings is 1. The van der Waals surface area contributed by atoms with E-state index < -0.39 is 10.0 Å². The summed E-state index contributed by atoms with van der Waals surface area (Å²) in [4.78, 5) is 8.64. The molecule has 1 aromatic heterocycles. The second-order valence-electron chi connectivity index (χ2n) is 7.54. The fourth-order valence-corrected chi connectivity index (χ4v) is 4.92. The number of hydrogen-bond acceptors (Lipinski definition) is 6. The van der Waals surface area contributed by atoms with Crippen molar-refractivity contribution in [2.24, 2.45) is 4.99 Å². The summed E-state index contributed by atoms with van der Waals surface area (Å²) in [6.07, 6.45) is 1.38. The Hall–Kier alpha value is -2.43. The van der Waals surface area contributed by atoms with Crippen molar-refractivity contribution in [1.82, 2.24) is 24.6 Å². The third-order valence-electron chi connectivity index (χ3n) is 5.01. The Balaban J connectivity index is 1.56. The SMILES string of the molecule is CN=C(NCc1ccccc1CN(C)C)N1CCN(S(=O)(=O)Cc2ccon2)CC1. The van der Waals surface area contributed by atoms with Crippen molar-refractivity contribution in [2.75, 3.05) is 47.3 Å². The molecule has 0 saturated carbocycles. The lowest BCUT2D eigenvalue weighted by molar-refractivity contribution is 0.259. The van der Waals surface area contributed by atoms with Gasteiger partial charge in [0.15, 0.2) is 5.96 Å². The first kappa shape index (κ1) is 22.3. The fraction of sp³-hybridized carbons (Fsp3) is 0.500. The molecule has 0 amide bonds. The van der Waals surface area contributed by atoms with Crippen molar-refractivity contribution in [3.05, 3.63) is 53.4 Å². The minimum atomic E-state index is -3.42. The van der Waals surface area contributed by atoms with Crippen LogP contribution in [0, 0.1) is 0 Å². The Morgan fingerprint density at radius 3 is 2.47 bits per heavy atom. The average Bonchev–Trinajstić information content (AvgIpc) is 3.22. The highest BCUT2D eigenvalue weighted by molar-refractivity contribution is 7.88. The topological polar surface area (TPSA) is 94.3 Å². The summed E-state index contributed by atoms with van der Waals surface area (Å²) in [5.74, 6) is 0.641.